The summed E-state index contributed by atoms with van der Waals surface area (Å²) in [5, 5.41) is 2.70. The van der Waals surface area contributed by atoms with Gasteiger partial charge in [0, 0.05) is 13.5 Å². The van der Waals surface area contributed by atoms with Gasteiger partial charge in [0.2, 0.25) is 11.9 Å². The third-order valence-corrected chi connectivity index (χ3v) is 4.34. The van der Waals surface area contributed by atoms with Crippen molar-refractivity contribution in [1.82, 2.24) is 10.3 Å². The molecule has 1 aliphatic rings. The fraction of sp³-hybridized carbons (Fsp3) is 0.500. The van der Waals surface area contributed by atoms with Gasteiger partial charge in [-0.15, -0.1) is 0 Å². The van der Waals surface area contributed by atoms with Gasteiger partial charge in [-0.05, 0) is 51.4 Å². The topological polar surface area (TPSA) is 86.5 Å². The summed E-state index contributed by atoms with van der Waals surface area (Å²) in [5.41, 5.74) is 5.99. The molecule has 0 saturated carbocycles. The van der Waals surface area contributed by atoms with Crippen molar-refractivity contribution in [2.75, 3.05) is 12.3 Å². The molecule has 1 amide bonds. The van der Waals surface area contributed by atoms with Crippen LogP contribution < -0.4 is 11.1 Å². The minimum absolute atomic E-state index is 0.184. The summed E-state index contributed by atoms with van der Waals surface area (Å²) in [6.07, 6.45) is 1.59. The van der Waals surface area contributed by atoms with E-state index in [9.17, 15) is 9.18 Å². The molecule has 0 aromatic carbocycles. The van der Waals surface area contributed by atoms with Crippen LogP contribution in [0.2, 0.25) is 0 Å². The number of carbonyl (C=O) groups is 1. The van der Waals surface area contributed by atoms with Crippen LogP contribution in [0.4, 0.5) is 10.1 Å². The third-order valence-electron chi connectivity index (χ3n) is 4.34. The lowest BCUT2D eigenvalue weighted by Crippen LogP contribution is -2.41. The number of aromatic nitrogens is 1. The summed E-state index contributed by atoms with van der Waals surface area (Å²) in [4.78, 5) is 15.1. The van der Waals surface area contributed by atoms with Crippen molar-refractivity contribution in [3.63, 3.8) is 0 Å². The lowest BCUT2D eigenvalue weighted by atomic mass is 9.77. The van der Waals surface area contributed by atoms with Crippen LogP contribution in [-0.2, 0) is 14.1 Å². The second-order valence-corrected chi connectivity index (χ2v) is 6.83. The first-order valence-electron chi connectivity index (χ1n) is 7.74. The normalized spacial score (nSPS) is 19.4. The van der Waals surface area contributed by atoms with Gasteiger partial charge in [0.25, 0.3) is 0 Å². The van der Waals surface area contributed by atoms with E-state index in [1.54, 1.807) is 6.08 Å². The molecule has 2 rings (SSSR count). The quantitative estimate of drug-likeness (QED) is 0.649. The van der Waals surface area contributed by atoms with Gasteiger partial charge in [0.1, 0.15) is 0 Å². The Morgan fingerprint density at radius 3 is 2.46 bits per heavy atom. The van der Waals surface area contributed by atoms with E-state index in [0.29, 0.717) is 11.2 Å². The maximum atomic E-state index is 13.4. The van der Waals surface area contributed by atoms with Gasteiger partial charge in [0.15, 0.2) is 0 Å². The molecule has 0 spiro atoms. The van der Waals surface area contributed by atoms with Crippen LogP contribution >= 0.6 is 0 Å². The van der Waals surface area contributed by atoms with Crippen molar-refractivity contribution in [2.45, 2.75) is 45.8 Å². The molecule has 0 unspecified atom stereocenters. The van der Waals surface area contributed by atoms with Gasteiger partial charge in [-0.2, -0.15) is 4.39 Å². The highest BCUT2D eigenvalue weighted by molar-refractivity contribution is 6.56. The van der Waals surface area contributed by atoms with Gasteiger partial charge < -0.3 is 20.4 Å². The molecule has 1 aromatic rings. The molecule has 130 valence electrons. The number of halogens is 1. The van der Waals surface area contributed by atoms with Crippen molar-refractivity contribution >= 4 is 24.8 Å². The Labute approximate surface area is 141 Å². The number of nitrogens with two attached hydrogens (primary N) is 1. The Bertz CT molecular complexity index is 661. The first-order chi connectivity index (χ1) is 11.0. The minimum Gasteiger partial charge on any atom is -0.400 e. The maximum absolute atomic E-state index is 13.4. The number of rotatable bonds is 4. The molecule has 3 N–H and O–H groups in total. The van der Waals surface area contributed by atoms with Crippen molar-refractivity contribution in [3.05, 3.63) is 29.2 Å². The van der Waals surface area contributed by atoms with Gasteiger partial charge in [-0.3, -0.25) is 4.79 Å². The second kappa shape index (κ2) is 6.53. The molecule has 0 bridgehead atoms. The summed E-state index contributed by atoms with van der Waals surface area (Å²) in [7, 11) is -0.689. The predicted molar refractivity (Wildman–Crippen MR) is 91.4 cm³/mol. The van der Waals surface area contributed by atoms with Gasteiger partial charge >= 0.3 is 7.12 Å². The highest BCUT2D eigenvalue weighted by Crippen LogP contribution is 2.38. The third kappa shape index (κ3) is 3.94. The molecule has 0 aliphatic carbocycles. The summed E-state index contributed by atoms with van der Waals surface area (Å²) < 4.78 is 25.4. The van der Waals surface area contributed by atoms with Crippen LogP contribution in [0.15, 0.2) is 17.6 Å². The number of pyridine rings is 1. The molecule has 8 heteroatoms. The minimum atomic E-state index is -0.689. The van der Waals surface area contributed by atoms with Gasteiger partial charge in [-0.25, -0.2) is 4.98 Å². The van der Waals surface area contributed by atoms with Crippen molar-refractivity contribution < 1.29 is 18.5 Å². The fourth-order valence-electron chi connectivity index (χ4n) is 2.18. The molecular weight excluding hydrogens is 312 g/mol. The summed E-state index contributed by atoms with van der Waals surface area (Å²) in [6.45, 7) is 9.31. The zero-order valence-electron chi connectivity index (χ0n) is 14.6. The molecule has 2 heterocycles. The molecule has 1 aliphatic heterocycles. The Kier molecular flexibility index (Phi) is 5.01. The van der Waals surface area contributed by atoms with E-state index in [2.05, 4.69) is 10.3 Å². The SMILES string of the molecule is CC(=O)NCC(=Cc1nc(F)ccc1N)B1OC(C)(C)C(C)(C)O1. The first-order valence-corrected chi connectivity index (χ1v) is 7.74. The van der Waals surface area contributed by atoms with Crippen molar-refractivity contribution in [1.29, 1.82) is 0 Å². The van der Waals surface area contributed by atoms with E-state index < -0.39 is 24.3 Å². The number of hydrogen-bond acceptors (Lipinski definition) is 5. The molecule has 6 nitrogen and oxygen atoms in total. The number of nitrogens with zero attached hydrogens (tertiary/aromatic N) is 1. The van der Waals surface area contributed by atoms with Crippen LogP contribution in [0.25, 0.3) is 6.08 Å². The number of amides is 1. The number of anilines is 1. The highest BCUT2D eigenvalue weighted by Gasteiger charge is 2.52. The fourth-order valence-corrected chi connectivity index (χ4v) is 2.18. The van der Waals surface area contributed by atoms with Crippen LogP contribution in [0.3, 0.4) is 0 Å². The molecule has 1 saturated heterocycles. The summed E-state index contributed by atoms with van der Waals surface area (Å²) >= 11 is 0. The predicted octanol–water partition coefficient (Wildman–Crippen LogP) is 1.95. The zero-order chi connectivity index (χ0) is 18.1. The van der Waals surface area contributed by atoms with E-state index in [1.165, 1.54) is 19.1 Å². The van der Waals surface area contributed by atoms with Crippen LogP contribution in [-0.4, -0.2) is 35.8 Å². The van der Waals surface area contributed by atoms with Gasteiger partial charge in [0.05, 0.1) is 22.6 Å². The van der Waals surface area contributed by atoms with E-state index in [4.69, 9.17) is 15.0 Å². The smallest absolute Gasteiger partial charge is 0.400 e. The summed E-state index contributed by atoms with van der Waals surface area (Å²) in [6, 6.07) is 2.63. The van der Waals surface area contributed by atoms with Crippen molar-refractivity contribution in [3.8, 4) is 0 Å². The number of nitrogens with one attached hydrogen (secondary N) is 1. The van der Waals surface area contributed by atoms with E-state index in [-0.39, 0.29) is 18.1 Å². The monoisotopic (exact) mass is 335 g/mol. The molecular formula is C16H23BFN3O3. The molecule has 1 aromatic heterocycles. The Morgan fingerprint density at radius 1 is 1.33 bits per heavy atom. The Balaban J connectivity index is 2.37. The Hall–Kier alpha value is -1.93. The number of nitrogen functional groups attached to an aromatic ring is 1. The Morgan fingerprint density at radius 2 is 1.92 bits per heavy atom. The highest BCUT2D eigenvalue weighted by atomic mass is 19.1. The second-order valence-electron chi connectivity index (χ2n) is 6.83. The van der Waals surface area contributed by atoms with E-state index >= 15 is 0 Å². The largest absolute Gasteiger partial charge is 0.492 e. The van der Waals surface area contributed by atoms with E-state index in [0.717, 1.165) is 0 Å². The average molecular weight is 335 g/mol. The van der Waals surface area contributed by atoms with Crippen LogP contribution in [0.5, 0.6) is 0 Å². The lowest BCUT2D eigenvalue weighted by Gasteiger charge is -2.32. The molecule has 24 heavy (non-hydrogen) atoms. The van der Waals surface area contributed by atoms with Crippen LogP contribution in [0, 0.1) is 5.95 Å². The number of hydrogen-bond donors (Lipinski definition) is 2. The first kappa shape index (κ1) is 18.4. The maximum Gasteiger partial charge on any atom is 0.492 e. The standard InChI is InChI=1S/C16H23BFN3O3/c1-10(22)20-9-11(8-13-12(19)6-7-14(18)21-13)17-23-15(2,3)16(4,5)24-17/h6-8H,9,19H2,1-5H3,(H,20,22). The van der Waals surface area contributed by atoms with Crippen LogP contribution in [0.1, 0.15) is 40.3 Å². The molecule has 1 fully saturated rings. The van der Waals surface area contributed by atoms with Gasteiger partial charge in [-0.1, -0.05) is 0 Å². The number of carbonyl (C=O) groups excluding carboxylic acids is 1. The summed E-state index contributed by atoms with van der Waals surface area (Å²) in [5.74, 6) is -0.833. The molecule has 0 atom stereocenters. The van der Waals surface area contributed by atoms with E-state index in [1.807, 2.05) is 27.7 Å². The molecule has 0 radical (unpaired) electrons. The zero-order valence-corrected chi connectivity index (χ0v) is 14.6. The van der Waals surface area contributed by atoms with Crippen molar-refractivity contribution in [2.24, 2.45) is 0 Å². The lowest BCUT2D eigenvalue weighted by molar-refractivity contribution is -0.118. The average Bonchev–Trinajstić information content (AvgIpc) is 2.66.